The van der Waals surface area contributed by atoms with E-state index in [2.05, 4.69) is 11.4 Å². The van der Waals surface area contributed by atoms with Gasteiger partial charge in [-0.1, -0.05) is 19.9 Å². The van der Waals surface area contributed by atoms with Crippen molar-refractivity contribution in [3.63, 3.8) is 0 Å². The monoisotopic (exact) mass is 348 g/mol. The van der Waals surface area contributed by atoms with Crippen LogP contribution in [0.3, 0.4) is 0 Å². The highest BCUT2D eigenvalue weighted by atomic mass is 16.5. The Kier molecular flexibility index (Phi) is 9.41. The first kappa shape index (κ1) is 20.8. The number of aliphatic carboxylic acids is 1. The Morgan fingerprint density at radius 2 is 2.12 bits per heavy atom. The molecule has 0 bridgehead atoms. The summed E-state index contributed by atoms with van der Waals surface area (Å²) in [6.45, 7) is 5.49. The van der Waals surface area contributed by atoms with Crippen LogP contribution in [0.15, 0.2) is 18.2 Å². The molecule has 0 saturated heterocycles. The van der Waals surface area contributed by atoms with Crippen molar-refractivity contribution >= 4 is 5.97 Å². The summed E-state index contributed by atoms with van der Waals surface area (Å²) in [5, 5.41) is 21.0. The standard InChI is InChI=1S/C19H28N2O4/c1-14(2)10-16(19(22)23)13-21-12-15-6-7-17(24-3)18(11-15)25-9-5-4-8-20/h6-7,11,14,16,21H,4-5,9-10,12-13H2,1-3H3,(H,22,23). The van der Waals surface area contributed by atoms with Gasteiger partial charge in [-0.15, -0.1) is 0 Å². The molecule has 0 aliphatic rings. The number of carbonyl (C=O) groups is 1. The number of nitrogens with zero attached hydrogens (tertiary/aromatic N) is 1. The van der Waals surface area contributed by atoms with Gasteiger partial charge in [0.1, 0.15) is 0 Å². The minimum atomic E-state index is -0.766. The smallest absolute Gasteiger partial charge is 0.307 e. The fraction of sp³-hybridized carbons (Fsp3) is 0.579. The summed E-state index contributed by atoms with van der Waals surface area (Å²) < 4.78 is 11.0. The number of nitrogens with one attached hydrogen (secondary N) is 1. The molecule has 0 saturated carbocycles. The van der Waals surface area contributed by atoms with Gasteiger partial charge in [0.05, 0.1) is 25.7 Å². The maximum atomic E-state index is 11.3. The molecule has 6 heteroatoms. The van der Waals surface area contributed by atoms with Crippen LogP contribution in [0, 0.1) is 23.2 Å². The van der Waals surface area contributed by atoms with Crippen molar-refractivity contribution in [3.8, 4) is 17.6 Å². The lowest BCUT2D eigenvalue weighted by Gasteiger charge is -2.16. The fourth-order valence-electron chi connectivity index (χ4n) is 2.51. The minimum absolute atomic E-state index is 0.345. The van der Waals surface area contributed by atoms with E-state index in [0.717, 1.165) is 5.56 Å². The van der Waals surface area contributed by atoms with E-state index in [1.165, 1.54) is 0 Å². The predicted octanol–water partition coefficient (Wildman–Crippen LogP) is 3.21. The quantitative estimate of drug-likeness (QED) is 0.564. The number of hydrogen-bond acceptors (Lipinski definition) is 5. The second-order valence-electron chi connectivity index (χ2n) is 6.39. The van der Waals surface area contributed by atoms with E-state index < -0.39 is 5.97 Å². The Morgan fingerprint density at radius 1 is 1.36 bits per heavy atom. The third-order valence-corrected chi connectivity index (χ3v) is 3.74. The molecule has 0 amide bonds. The van der Waals surface area contributed by atoms with Crippen molar-refractivity contribution < 1.29 is 19.4 Å². The molecule has 0 aliphatic heterocycles. The Balaban J connectivity index is 2.60. The van der Waals surface area contributed by atoms with Crippen molar-refractivity contribution in [2.45, 2.75) is 39.7 Å². The molecule has 1 aromatic carbocycles. The molecule has 1 unspecified atom stereocenters. The first-order valence-electron chi connectivity index (χ1n) is 8.58. The Bertz CT molecular complexity index is 581. The molecule has 138 valence electrons. The summed E-state index contributed by atoms with van der Waals surface area (Å²) in [6.07, 6.45) is 1.77. The lowest BCUT2D eigenvalue weighted by atomic mass is 9.97. The van der Waals surface area contributed by atoms with Gasteiger partial charge in [0, 0.05) is 19.5 Å². The van der Waals surface area contributed by atoms with Crippen LogP contribution in [0.5, 0.6) is 11.5 Å². The summed E-state index contributed by atoms with van der Waals surface area (Å²) in [5.41, 5.74) is 0.991. The molecule has 0 aliphatic carbocycles. The van der Waals surface area contributed by atoms with Gasteiger partial charge in [0.2, 0.25) is 0 Å². The maximum Gasteiger partial charge on any atom is 0.307 e. The van der Waals surface area contributed by atoms with Crippen molar-refractivity contribution in [2.75, 3.05) is 20.3 Å². The van der Waals surface area contributed by atoms with E-state index in [9.17, 15) is 9.90 Å². The summed E-state index contributed by atoms with van der Waals surface area (Å²) in [6, 6.07) is 7.73. The van der Waals surface area contributed by atoms with Crippen molar-refractivity contribution in [2.24, 2.45) is 11.8 Å². The highest BCUT2D eigenvalue weighted by Crippen LogP contribution is 2.28. The predicted molar refractivity (Wildman–Crippen MR) is 95.6 cm³/mol. The van der Waals surface area contributed by atoms with Crippen LogP contribution >= 0.6 is 0 Å². The summed E-state index contributed by atoms with van der Waals surface area (Å²) in [4.78, 5) is 11.3. The lowest BCUT2D eigenvalue weighted by Crippen LogP contribution is -2.29. The zero-order chi connectivity index (χ0) is 18.7. The van der Waals surface area contributed by atoms with Crippen molar-refractivity contribution in [1.29, 1.82) is 5.26 Å². The van der Waals surface area contributed by atoms with E-state index in [4.69, 9.17) is 14.7 Å². The van der Waals surface area contributed by atoms with Crippen LogP contribution in [-0.4, -0.2) is 31.3 Å². The van der Waals surface area contributed by atoms with E-state index >= 15 is 0 Å². The van der Waals surface area contributed by atoms with Crippen LogP contribution < -0.4 is 14.8 Å². The number of carboxylic acid groups (broad SMARTS) is 1. The molecule has 0 aromatic heterocycles. The minimum Gasteiger partial charge on any atom is -0.493 e. The summed E-state index contributed by atoms with van der Waals surface area (Å²) >= 11 is 0. The maximum absolute atomic E-state index is 11.3. The Labute approximate surface area is 149 Å². The van der Waals surface area contributed by atoms with Gasteiger partial charge in [-0.3, -0.25) is 4.79 Å². The van der Waals surface area contributed by atoms with Gasteiger partial charge < -0.3 is 19.9 Å². The first-order chi connectivity index (χ1) is 12.0. The number of nitriles is 1. The zero-order valence-electron chi connectivity index (χ0n) is 15.2. The Morgan fingerprint density at radius 3 is 2.72 bits per heavy atom. The highest BCUT2D eigenvalue weighted by Gasteiger charge is 2.18. The lowest BCUT2D eigenvalue weighted by molar-refractivity contribution is -0.142. The summed E-state index contributed by atoms with van der Waals surface area (Å²) in [5.74, 6) is 0.468. The third kappa shape index (κ3) is 7.90. The van der Waals surface area contributed by atoms with E-state index in [-0.39, 0.29) is 5.92 Å². The van der Waals surface area contributed by atoms with Gasteiger partial charge in [0.25, 0.3) is 0 Å². The SMILES string of the molecule is COc1ccc(CNCC(CC(C)C)C(=O)O)cc1OCCCC#N. The average molecular weight is 348 g/mol. The molecule has 25 heavy (non-hydrogen) atoms. The molecule has 0 spiro atoms. The molecular weight excluding hydrogens is 320 g/mol. The molecule has 1 aromatic rings. The largest absolute Gasteiger partial charge is 0.493 e. The number of ether oxygens (including phenoxy) is 2. The molecule has 0 radical (unpaired) electrons. The average Bonchev–Trinajstić information content (AvgIpc) is 2.57. The van der Waals surface area contributed by atoms with E-state index in [0.29, 0.717) is 56.4 Å². The first-order valence-corrected chi connectivity index (χ1v) is 8.58. The van der Waals surface area contributed by atoms with Crippen LogP contribution in [0.1, 0.15) is 38.7 Å². The highest BCUT2D eigenvalue weighted by molar-refractivity contribution is 5.70. The fourth-order valence-corrected chi connectivity index (χ4v) is 2.51. The number of methoxy groups -OCH3 is 1. The molecule has 2 N–H and O–H groups in total. The zero-order valence-corrected chi connectivity index (χ0v) is 15.2. The number of hydrogen-bond donors (Lipinski definition) is 2. The number of unbranched alkanes of at least 4 members (excludes halogenated alkanes) is 1. The molecular formula is C19H28N2O4. The Hall–Kier alpha value is -2.26. The van der Waals surface area contributed by atoms with Crippen LogP contribution in [0.4, 0.5) is 0 Å². The van der Waals surface area contributed by atoms with Crippen LogP contribution in [0.2, 0.25) is 0 Å². The number of benzene rings is 1. The number of rotatable bonds is 12. The van der Waals surface area contributed by atoms with Crippen LogP contribution in [0.25, 0.3) is 0 Å². The molecule has 1 rings (SSSR count). The summed E-state index contributed by atoms with van der Waals surface area (Å²) in [7, 11) is 1.58. The van der Waals surface area contributed by atoms with Gasteiger partial charge in [-0.2, -0.15) is 5.26 Å². The number of carboxylic acids is 1. The van der Waals surface area contributed by atoms with Gasteiger partial charge >= 0.3 is 5.97 Å². The molecule has 6 nitrogen and oxygen atoms in total. The van der Waals surface area contributed by atoms with Gasteiger partial charge in [-0.25, -0.2) is 0 Å². The van der Waals surface area contributed by atoms with Crippen molar-refractivity contribution in [3.05, 3.63) is 23.8 Å². The molecule has 1 atom stereocenters. The second-order valence-corrected chi connectivity index (χ2v) is 6.39. The molecule has 0 fully saturated rings. The van der Waals surface area contributed by atoms with Crippen LogP contribution in [-0.2, 0) is 11.3 Å². The van der Waals surface area contributed by atoms with E-state index in [1.807, 2.05) is 32.0 Å². The second kappa shape index (κ2) is 11.3. The normalized spacial score (nSPS) is 11.8. The topological polar surface area (TPSA) is 91.6 Å². The third-order valence-electron chi connectivity index (χ3n) is 3.74. The van der Waals surface area contributed by atoms with Crippen molar-refractivity contribution in [1.82, 2.24) is 5.32 Å². The van der Waals surface area contributed by atoms with E-state index in [1.54, 1.807) is 7.11 Å². The van der Waals surface area contributed by atoms with Gasteiger partial charge in [0.15, 0.2) is 11.5 Å². The molecule has 0 heterocycles. The van der Waals surface area contributed by atoms with Gasteiger partial charge in [-0.05, 0) is 36.5 Å².